The van der Waals surface area contributed by atoms with E-state index in [1.165, 1.54) is 13.3 Å². The van der Waals surface area contributed by atoms with E-state index in [9.17, 15) is 4.79 Å². The molecule has 0 aliphatic rings. The Kier molecular flexibility index (Phi) is 4.94. The summed E-state index contributed by atoms with van der Waals surface area (Å²) in [5.41, 5.74) is 1.18. The van der Waals surface area contributed by atoms with Crippen molar-refractivity contribution in [3.05, 3.63) is 58.1 Å². The minimum absolute atomic E-state index is 0.306. The first-order chi connectivity index (χ1) is 10.2. The van der Waals surface area contributed by atoms with Crippen molar-refractivity contribution in [2.24, 2.45) is 10.9 Å². The summed E-state index contributed by atoms with van der Waals surface area (Å²) in [5.74, 6) is 5.37. The minimum Gasteiger partial charge on any atom is -0.493 e. The number of benzene rings is 2. The summed E-state index contributed by atoms with van der Waals surface area (Å²) in [6.45, 7) is 0. The van der Waals surface area contributed by atoms with E-state index in [4.69, 9.17) is 15.3 Å². The van der Waals surface area contributed by atoms with Crippen LogP contribution in [0, 0.1) is 0 Å². The molecule has 0 radical (unpaired) electrons. The van der Waals surface area contributed by atoms with E-state index in [0.717, 1.165) is 5.56 Å². The lowest BCUT2D eigenvalue weighted by molar-refractivity contribution is 0.0728. The molecular formula is C15H13BrN2O3. The van der Waals surface area contributed by atoms with Crippen molar-refractivity contribution in [3.63, 3.8) is 0 Å². The molecule has 0 bridgehead atoms. The van der Waals surface area contributed by atoms with Gasteiger partial charge in [0.15, 0.2) is 11.5 Å². The van der Waals surface area contributed by atoms with Gasteiger partial charge in [-0.15, -0.1) is 0 Å². The number of ether oxygens (including phenoxy) is 2. The molecule has 0 atom stereocenters. The molecule has 0 fully saturated rings. The molecule has 0 aliphatic carbocycles. The topological polar surface area (TPSA) is 73.9 Å². The molecule has 0 heterocycles. The fourth-order valence-electron chi connectivity index (χ4n) is 1.73. The van der Waals surface area contributed by atoms with Crippen LogP contribution in [-0.2, 0) is 0 Å². The first-order valence-electron chi connectivity index (χ1n) is 6.03. The van der Waals surface area contributed by atoms with Gasteiger partial charge in [-0.25, -0.2) is 4.79 Å². The third-order valence-corrected chi connectivity index (χ3v) is 3.27. The highest BCUT2D eigenvalue weighted by molar-refractivity contribution is 9.10. The molecule has 0 aromatic heterocycles. The SMILES string of the molecule is COc1cc(C=NN)cc(Br)c1OC(=O)c1ccccc1. The monoisotopic (exact) mass is 348 g/mol. The quantitative estimate of drug-likeness (QED) is 0.303. The van der Waals surface area contributed by atoms with Crippen molar-refractivity contribution in [1.82, 2.24) is 0 Å². The number of halogens is 1. The second-order valence-electron chi connectivity index (χ2n) is 4.07. The highest BCUT2D eigenvalue weighted by Crippen LogP contribution is 2.36. The minimum atomic E-state index is -0.463. The van der Waals surface area contributed by atoms with Crippen LogP contribution in [0.15, 0.2) is 52.0 Å². The molecule has 108 valence electrons. The van der Waals surface area contributed by atoms with Crippen LogP contribution in [-0.4, -0.2) is 19.3 Å². The molecule has 6 heteroatoms. The van der Waals surface area contributed by atoms with E-state index in [-0.39, 0.29) is 0 Å². The molecule has 2 aromatic rings. The molecule has 0 aliphatic heterocycles. The Morgan fingerprint density at radius 1 is 1.29 bits per heavy atom. The molecule has 0 saturated heterocycles. The van der Waals surface area contributed by atoms with Crippen LogP contribution in [0.4, 0.5) is 0 Å². The van der Waals surface area contributed by atoms with E-state index in [1.54, 1.807) is 36.4 Å². The molecule has 0 unspecified atom stereocenters. The molecular weight excluding hydrogens is 336 g/mol. The van der Waals surface area contributed by atoms with Crippen LogP contribution < -0.4 is 15.3 Å². The van der Waals surface area contributed by atoms with Crippen molar-refractivity contribution in [1.29, 1.82) is 0 Å². The zero-order valence-corrected chi connectivity index (χ0v) is 12.8. The Morgan fingerprint density at radius 3 is 2.62 bits per heavy atom. The van der Waals surface area contributed by atoms with Gasteiger partial charge in [-0.05, 0) is 45.8 Å². The molecule has 21 heavy (non-hydrogen) atoms. The standard InChI is InChI=1S/C15H13BrN2O3/c1-20-13-8-10(9-18-17)7-12(16)14(13)21-15(19)11-5-3-2-4-6-11/h2-9H,17H2,1H3. The third kappa shape index (κ3) is 3.61. The number of hydrogen-bond donors (Lipinski definition) is 1. The van der Waals surface area contributed by atoms with Crippen LogP contribution in [0.3, 0.4) is 0 Å². The van der Waals surface area contributed by atoms with E-state index in [1.807, 2.05) is 6.07 Å². The summed E-state index contributed by atoms with van der Waals surface area (Å²) in [6, 6.07) is 12.1. The Balaban J connectivity index is 2.33. The van der Waals surface area contributed by atoms with Gasteiger partial charge in [0.2, 0.25) is 0 Å². The van der Waals surface area contributed by atoms with Crippen LogP contribution >= 0.6 is 15.9 Å². The summed E-state index contributed by atoms with van der Waals surface area (Å²) < 4.78 is 11.2. The normalized spacial score (nSPS) is 10.6. The summed E-state index contributed by atoms with van der Waals surface area (Å²) in [7, 11) is 1.49. The maximum atomic E-state index is 12.1. The molecule has 5 nitrogen and oxygen atoms in total. The number of rotatable bonds is 4. The summed E-state index contributed by atoms with van der Waals surface area (Å²) in [4.78, 5) is 12.1. The van der Waals surface area contributed by atoms with E-state index in [0.29, 0.717) is 21.5 Å². The fraction of sp³-hybridized carbons (Fsp3) is 0.0667. The smallest absolute Gasteiger partial charge is 0.343 e. The van der Waals surface area contributed by atoms with Gasteiger partial charge in [-0.3, -0.25) is 0 Å². The number of carbonyl (C=O) groups is 1. The second-order valence-corrected chi connectivity index (χ2v) is 4.92. The molecule has 0 amide bonds. The fourth-order valence-corrected chi connectivity index (χ4v) is 2.27. The number of nitrogens with zero attached hydrogens (tertiary/aromatic N) is 1. The number of methoxy groups -OCH3 is 1. The first-order valence-corrected chi connectivity index (χ1v) is 6.83. The van der Waals surface area contributed by atoms with Gasteiger partial charge in [0.05, 0.1) is 23.4 Å². The molecule has 0 spiro atoms. The maximum absolute atomic E-state index is 12.1. The zero-order chi connectivity index (χ0) is 15.2. The Morgan fingerprint density at radius 2 is 2.00 bits per heavy atom. The van der Waals surface area contributed by atoms with Crippen LogP contribution in [0.5, 0.6) is 11.5 Å². The highest BCUT2D eigenvalue weighted by atomic mass is 79.9. The second kappa shape index (κ2) is 6.90. The lowest BCUT2D eigenvalue weighted by Gasteiger charge is -2.12. The predicted molar refractivity (Wildman–Crippen MR) is 83.9 cm³/mol. The van der Waals surface area contributed by atoms with Crippen molar-refractivity contribution >= 4 is 28.1 Å². The lowest BCUT2D eigenvalue weighted by atomic mass is 10.2. The molecule has 0 saturated carbocycles. The number of hydrazone groups is 1. The van der Waals surface area contributed by atoms with Crippen molar-refractivity contribution < 1.29 is 14.3 Å². The van der Waals surface area contributed by atoms with Crippen LogP contribution in [0.25, 0.3) is 0 Å². The number of carbonyl (C=O) groups excluding carboxylic acids is 1. The van der Waals surface area contributed by atoms with Gasteiger partial charge < -0.3 is 15.3 Å². The van der Waals surface area contributed by atoms with Gasteiger partial charge in [-0.2, -0.15) is 5.10 Å². The zero-order valence-electron chi connectivity index (χ0n) is 11.2. The Bertz CT molecular complexity index is 672. The van der Waals surface area contributed by atoms with E-state index >= 15 is 0 Å². The molecule has 2 N–H and O–H groups in total. The summed E-state index contributed by atoms with van der Waals surface area (Å²) in [5, 5.41) is 3.45. The van der Waals surface area contributed by atoms with Crippen LogP contribution in [0.1, 0.15) is 15.9 Å². The first kappa shape index (κ1) is 15.1. The Hall–Kier alpha value is -2.34. The lowest BCUT2D eigenvalue weighted by Crippen LogP contribution is -2.09. The van der Waals surface area contributed by atoms with Gasteiger partial charge in [0.1, 0.15) is 0 Å². The van der Waals surface area contributed by atoms with Crippen LogP contribution in [0.2, 0.25) is 0 Å². The van der Waals surface area contributed by atoms with Crippen molar-refractivity contribution in [2.75, 3.05) is 7.11 Å². The summed E-state index contributed by atoms with van der Waals surface area (Å²) >= 11 is 3.35. The summed E-state index contributed by atoms with van der Waals surface area (Å²) in [6.07, 6.45) is 1.47. The Labute approximate surface area is 130 Å². The van der Waals surface area contributed by atoms with Crippen molar-refractivity contribution in [3.8, 4) is 11.5 Å². The number of nitrogens with two attached hydrogens (primary N) is 1. The van der Waals surface area contributed by atoms with Gasteiger partial charge in [0.25, 0.3) is 0 Å². The van der Waals surface area contributed by atoms with Gasteiger partial charge in [0, 0.05) is 0 Å². The van der Waals surface area contributed by atoms with Gasteiger partial charge >= 0.3 is 5.97 Å². The highest BCUT2D eigenvalue weighted by Gasteiger charge is 2.16. The average molecular weight is 349 g/mol. The third-order valence-electron chi connectivity index (χ3n) is 2.68. The van der Waals surface area contributed by atoms with Crippen molar-refractivity contribution in [2.45, 2.75) is 0 Å². The van der Waals surface area contributed by atoms with E-state index < -0.39 is 5.97 Å². The van der Waals surface area contributed by atoms with Gasteiger partial charge in [-0.1, -0.05) is 18.2 Å². The number of esters is 1. The molecule has 2 rings (SSSR count). The number of hydrogen-bond acceptors (Lipinski definition) is 5. The van der Waals surface area contributed by atoms with E-state index in [2.05, 4.69) is 21.0 Å². The molecule has 2 aromatic carbocycles. The predicted octanol–water partition coefficient (Wildman–Crippen LogP) is 2.97. The maximum Gasteiger partial charge on any atom is 0.343 e. The largest absolute Gasteiger partial charge is 0.493 e. The average Bonchev–Trinajstić information content (AvgIpc) is 2.50.